The van der Waals surface area contributed by atoms with Gasteiger partial charge in [-0.05, 0) is 24.8 Å². The van der Waals surface area contributed by atoms with Crippen LogP contribution in [0.4, 0.5) is 0 Å². The quantitative estimate of drug-likeness (QED) is 0.492. The Morgan fingerprint density at radius 2 is 2.50 bits per heavy atom. The summed E-state index contributed by atoms with van der Waals surface area (Å²) in [5.41, 5.74) is 0.781. The molecule has 1 unspecified atom stereocenters. The third-order valence-electron chi connectivity index (χ3n) is 1.43. The lowest BCUT2D eigenvalue weighted by atomic mass is 9.95. The Labute approximate surface area is 49.9 Å². The molecular formula is C7H11N. The third kappa shape index (κ3) is 1.19. The summed E-state index contributed by atoms with van der Waals surface area (Å²) in [6.45, 7) is 2.18. The Morgan fingerprint density at radius 1 is 1.75 bits per heavy atom. The van der Waals surface area contributed by atoms with E-state index in [-0.39, 0.29) is 0 Å². The zero-order chi connectivity index (χ0) is 5.98. The van der Waals surface area contributed by atoms with Gasteiger partial charge in [0.25, 0.3) is 0 Å². The van der Waals surface area contributed by atoms with E-state index in [0.717, 1.165) is 18.6 Å². The number of hydrogen-bond acceptors (Lipinski definition) is 1. The van der Waals surface area contributed by atoms with Crippen LogP contribution in [0.5, 0.6) is 0 Å². The lowest BCUT2D eigenvalue weighted by Gasteiger charge is -2.11. The van der Waals surface area contributed by atoms with E-state index in [2.05, 4.69) is 13.0 Å². The zero-order valence-corrected chi connectivity index (χ0v) is 5.15. The van der Waals surface area contributed by atoms with Gasteiger partial charge in [0.05, 0.1) is 0 Å². The van der Waals surface area contributed by atoms with Crippen molar-refractivity contribution >= 4 is 5.71 Å². The van der Waals surface area contributed by atoms with Gasteiger partial charge in [-0.1, -0.05) is 13.0 Å². The number of hydrogen-bond donors (Lipinski definition) is 1. The number of allylic oxidation sites excluding steroid dienone is 2. The molecule has 0 saturated carbocycles. The van der Waals surface area contributed by atoms with Crippen molar-refractivity contribution in [3.63, 3.8) is 0 Å². The predicted molar refractivity (Wildman–Crippen MR) is 35.3 cm³/mol. The largest absolute Gasteiger partial charge is 0.305 e. The molecule has 44 valence electrons. The van der Waals surface area contributed by atoms with Gasteiger partial charge in [0.1, 0.15) is 0 Å². The lowest BCUT2D eigenvalue weighted by Crippen LogP contribution is -2.05. The molecule has 1 rings (SSSR count). The Balaban J connectivity index is 2.54. The van der Waals surface area contributed by atoms with Gasteiger partial charge >= 0.3 is 0 Å². The van der Waals surface area contributed by atoms with Gasteiger partial charge in [-0.2, -0.15) is 0 Å². The molecule has 0 aromatic rings. The first-order valence-corrected chi connectivity index (χ1v) is 3.03. The second-order valence-corrected chi connectivity index (χ2v) is 2.47. The minimum absolute atomic E-state index is 0.701. The normalized spacial score (nSPS) is 28.6. The molecule has 1 atom stereocenters. The smallest absolute Gasteiger partial charge is 0.0313 e. The van der Waals surface area contributed by atoms with Gasteiger partial charge in [-0.25, -0.2) is 0 Å². The molecule has 0 radical (unpaired) electrons. The minimum atomic E-state index is 0.701. The zero-order valence-electron chi connectivity index (χ0n) is 5.15. The summed E-state index contributed by atoms with van der Waals surface area (Å²) in [5, 5.41) is 7.23. The van der Waals surface area contributed by atoms with Crippen molar-refractivity contribution in [3.05, 3.63) is 12.2 Å². The SMILES string of the molecule is CC1CC=CC(=N)C1. The Kier molecular flexibility index (Phi) is 1.47. The fourth-order valence-electron chi connectivity index (χ4n) is 0.969. The number of nitrogens with one attached hydrogen (secondary N) is 1. The molecule has 8 heavy (non-hydrogen) atoms. The Bertz CT molecular complexity index is 124. The molecule has 1 nitrogen and oxygen atoms in total. The van der Waals surface area contributed by atoms with Gasteiger partial charge in [0.2, 0.25) is 0 Å². The standard InChI is InChI=1S/C7H11N/c1-6-3-2-4-7(8)5-6/h2,4,6,8H,3,5H2,1H3. The van der Waals surface area contributed by atoms with Crippen LogP contribution < -0.4 is 0 Å². The van der Waals surface area contributed by atoms with Crippen molar-refractivity contribution in [3.8, 4) is 0 Å². The average molecular weight is 109 g/mol. The average Bonchev–Trinajstić information content (AvgIpc) is 1.64. The van der Waals surface area contributed by atoms with E-state index in [4.69, 9.17) is 5.41 Å². The molecule has 1 aliphatic carbocycles. The molecule has 1 aliphatic rings. The highest BCUT2D eigenvalue weighted by Gasteiger charge is 2.05. The van der Waals surface area contributed by atoms with Crippen LogP contribution in [0.2, 0.25) is 0 Å². The van der Waals surface area contributed by atoms with Crippen LogP contribution in [-0.4, -0.2) is 5.71 Å². The summed E-state index contributed by atoms with van der Waals surface area (Å²) >= 11 is 0. The highest BCUT2D eigenvalue weighted by Crippen LogP contribution is 2.13. The van der Waals surface area contributed by atoms with Crippen LogP contribution >= 0.6 is 0 Å². The maximum Gasteiger partial charge on any atom is 0.0313 e. The summed E-state index contributed by atoms with van der Waals surface area (Å²) in [6.07, 6.45) is 6.11. The molecule has 0 bridgehead atoms. The third-order valence-corrected chi connectivity index (χ3v) is 1.43. The van der Waals surface area contributed by atoms with E-state index in [1.54, 1.807) is 0 Å². The monoisotopic (exact) mass is 109 g/mol. The molecule has 0 aliphatic heterocycles. The molecule has 1 heteroatoms. The molecule has 0 aromatic heterocycles. The van der Waals surface area contributed by atoms with E-state index in [1.165, 1.54) is 0 Å². The van der Waals surface area contributed by atoms with Crippen LogP contribution in [-0.2, 0) is 0 Å². The molecule has 0 saturated heterocycles. The van der Waals surface area contributed by atoms with Gasteiger partial charge in [0.15, 0.2) is 0 Å². The van der Waals surface area contributed by atoms with Gasteiger partial charge < -0.3 is 5.41 Å². The first-order valence-electron chi connectivity index (χ1n) is 3.03. The minimum Gasteiger partial charge on any atom is -0.305 e. The van der Waals surface area contributed by atoms with Crippen molar-refractivity contribution in [2.75, 3.05) is 0 Å². The molecule has 0 aromatic carbocycles. The van der Waals surface area contributed by atoms with Crippen LogP contribution in [0, 0.1) is 11.3 Å². The van der Waals surface area contributed by atoms with Crippen LogP contribution in [0.3, 0.4) is 0 Å². The fourth-order valence-corrected chi connectivity index (χ4v) is 0.969. The summed E-state index contributed by atoms with van der Waals surface area (Å²) in [6, 6.07) is 0. The van der Waals surface area contributed by atoms with Crippen LogP contribution in [0.25, 0.3) is 0 Å². The van der Waals surface area contributed by atoms with Gasteiger partial charge in [-0.3, -0.25) is 0 Å². The van der Waals surface area contributed by atoms with E-state index in [1.807, 2.05) is 6.08 Å². The summed E-state index contributed by atoms with van der Waals surface area (Å²) in [5.74, 6) is 0.701. The van der Waals surface area contributed by atoms with Crippen molar-refractivity contribution < 1.29 is 0 Å². The first kappa shape index (κ1) is 5.54. The maximum atomic E-state index is 7.23. The highest BCUT2D eigenvalue weighted by molar-refractivity contribution is 5.93. The van der Waals surface area contributed by atoms with Crippen molar-refractivity contribution in [1.29, 1.82) is 5.41 Å². The van der Waals surface area contributed by atoms with Crippen LogP contribution in [0.1, 0.15) is 19.8 Å². The summed E-state index contributed by atoms with van der Waals surface area (Å²) in [7, 11) is 0. The summed E-state index contributed by atoms with van der Waals surface area (Å²) in [4.78, 5) is 0. The van der Waals surface area contributed by atoms with Gasteiger partial charge in [0, 0.05) is 5.71 Å². The van der Waals surface area contributed by atoms with Crippen molar-refractivity contribution in [2.24, 2.45) is 5.92 Å². The number of rotatable bonds is 0. The molecule has 0 fully saturated rings. The maximum absolute atomic E-state index is 7.23. The van der Waals surface area contributed by atoms with Crippen LogP contribution in [0.15, 0.2) is 12.2 Å². The van der Waals surface area contributed by atoms with Crippen molar-refractivity contribution in [2.45, 2.75) is 19.8 Å². The Hall–Kier alpha value is -0.590. The molecule has 0 spiro atoms. The van der Waals surface area contributed by atoms with E-state index in [9.17, 15) is 0 Å². The first-order chi connectivity index (χ1) is 3.79. The fraction of sp³-hybridized carbons (Fsp3) is 0.571. The second-order valence-electron chi connectivity index (χ2n) is 2.47. The second kappa shape index (κ2) is 2.12. The molecule has 0 amide bonds. The molecular weight excluding hydrogens is 98.1 g/mol. The van der Waals surface area contributed by atoms with Gasteiger partial charge in [-0.15, -0.1) is 0 Å². The lowest BCUT2D eigenvalue weighted by molar-refractivity contribution is 0.611. The highest BCUT2D eigenvalue weighted by atomic mass is 14.4. The summed E-state index contributed by atoms with van der Waals surface area (Å²) < 4.78 is 0. The van der Waals surface area contributed by atoms with Crippen molar-refractivity contribution in [1.82, 2.24) is 0 Å². The predicted octanol–water partition coefficient (Wildman–Crippen LogP) is 1.99. The Morgan fingerprint density at radius 3 is 2.88 bits per heavy atom. The molecule has 0 heterocycles. The van der Waals surface area contributed by atoms with E-state index >= 15 is 0 Å². The van der Waals surface area contributed by atoms with E-state index in [0.29, 0.717) is 5.92 Å². The topological polar surface area (TPSA) is 23.9 Å². The van der Waals surface area contributed by atoms with E-state index < -0.39 is 0 Å². The molecule has 1 N–H and O–H groups in total.